The minimum Gasteiger partial charge on any atom is -0.348 e. The van der Waals surface area contributed by atoms with Gasteiger partial charge in [0.25, 0.3) is 0 Å². The van der Waals surface area contributed by atoms with Crippen molar-refractivity contribution < 1.29 is 0 Å². The Kier molecular flexibility index (Phi) is 2.70. The van der Waals surface area contributed by atoms with Gasteiger partial charge in [0.05, 0.1) is 0 Å². The van der Waals surface area contributed by atoms with Crippen LogP contribution in [0.4, 0.5) is 0 Å². The smallest absolute Gasteiger partial charge is 0.0489 e. The standard InChI is InChI=1S/C15H15N.CH4/c1-10-11(2)16(3)14-9-8-12-6-4-5-7-13(12)15(10)14;/h4-9H,1-3H3;1H4. The fourth-order valence-corrected chi connectivity index (χ4v) is 2.55. The van der Waals surface area contributed by atoms with Crippen molar-refractivity contribution in [1.82, 2.24) is 4.57 Å². The first-order chi connectivity index (χ1) is 7.70. The van der Waals surface area contributed by atoms with Gasteiger partial charge in [-0.05, 0) is 36.2 Å². The van der Waals surface area contributed by atoms with Crippen molar-refractivity contribution in [2.75, 3.05) is 0 Å². The molecule has 3 aromatic rings. The SMILES string of the molecule is C.Cc1c(C)n(C)c2ccc3ccccc3c12. The summed E-state index contributed by atoms with van der Waals surface area (Å²) in [6, 6.07) is 13.0. The van der Waals surface area contributed by atoms with Gasteiger partial charge in [-0.25, -0.2) is 0 Å². The molecule has 1 aromatic heterocycles. The highest BCUT2D eigenvalue weighted by Crippen LogP contribution is 2.31. The molecule has 0 saturated heterocycles. The van der Waals surface area contributed by atoms with Crippen LogP contribution in [0.3, 0.4) is 0 Å². The van der Waals surface area contributed by atoms with Gasteiger partial charge >= 0.3 is 0 Å². The summed E-state index contributed by atoms with van der Waals surface area (Å²) >= 11 is 0. The number of benzene rings is 2. The third kappa shape index (κ3) is 1.46. The molecule has 0 amide bonds. The quantitative estimate of drug-likeness (QED) is 0.527. The highest BCUT2D eigenvalue weighted by molar-refractivity contribution is 6.08. The number of hydrogen-bond acceptors (Lipinski definition) is 0. The van der Waals surface area contributed by atoms with E-state index in [4.69, 9.17) is 0 Å². The van der Waals surface area contributed by atoms with E-state index in [1.54, 1.807) is 0 Å². The van der Waals surface area contributed by atoms with E-state index in [1.165, 1.54) is 32.9 Å². The molecule has 0 unspecified atom stereocenters. The minimum atomic E-state index is 0. The predicted octanol–water partition coefficient (Wildman–Crippen LogP) is 4.58. The summed E-state index contributed by atoms with van der Waals surface area (Å²) in [5.41, 5.74) is 4.08. The molecule has 1 heteroatoms. The van der Waals surface area contributed by atoms with E-state index in [2.05, 4.69) is 61.9 Å². The second-order valence-corrected chi connectivity index (χ2v) is 4.45. The minimum absolute atomic E-state index is 0. The molecule has 0 radical (unpaired) electrons. The van der Waals surface area contributed by atoms with Gasteiger partial charge in [-0.2, -0.15) is 0 Å². The summed E-state index contributed by atoms with van der Waals surface area (Å²) < 4.78 is 2.27. The van der Waals surface area contributed by atoms with Crippen LogP contribution in [0.1, 0.15) is 18.7 Å². The molecule has 88 valence electrons. The second kappa shape index (κ2) is 3.92. The lowest BCUT2D eigenvalue weighted by Gasteiger charge is -2.01. The zero-order valence-electron chi connectivity index (χ0n) is 9.91. The molecule has 0 aliphatic carbocycles. The lowest BCUT2D eigenvalue weighted by Crippen LogP contribution is -1.89. The first-order valence-corrected chi connectivity index (χ1v) is 5.63. The van der Waals surface area contributed by atoms with E-state index in [0.717, 1.165) is 0 Å². The van der Waals surface area contributed by atoms with E-state index in [9.17, 15) is 0 Å². The summed E-state index contributed by atoms with van der Waals surface area (Å²) in [4.78, 5) is 0. The Morgan fingerprint density at radius 1 is 0.941 bits per heavy atom. The monoisotopic (exact) mass is 225 g/mol. The lowest BCUT2D eigenvalue weighted by atomic mass is 10.0. The summed E-state index contributed by atoms with van der Waals surface area (Å²) in [5, 5.41) is 4.09. The molecule has 0 aliphatic rings. The van der Waals surface area contributed by atoms with Gasteiger partial charge in [-0.15, -0.1) is 0 Å². The third-order valence-corrected chi connectivity index (χ3v) is 3.69. The molecule has 0 fully saturated rings. The van der Waals surface area contributed by atoms with Crippen molar-refractivity contribution in [3.8, 4) is 0 Å². The van der Waals surface area contributed by atoms with E-state index in [-0.39, 0.29) is 7.43 Å². The van der Waals surface area contributed by atoms with Crippen LogP contribution >= 0.6 is 0 Å². The number of nitrogens with zero attached hydrogens (tertiary/aromatic N) is 1. The predicted molar refractivity (Wildman–Crippen MR) is 76.6 cm³/mol. The first kappa shape index (κ1) is 11.7. The molecule has 3 rings (SSSR count). The maximum Gasteiger partial charge on any atom is 0.0489 e. The van der Waals surface area contributed by atoms with Crippen LogP contribution in [0.2, 0.25) is 0 Å². The van der Waals surface area contributed by atoms with Crippen molar-refractivity contribution in [1.29, 1.82) is 0 Å². The van der Waals surface area contributed by atoms with Gasteiger partial charge < -0.3 is 4.57 Å². The first-order valence-electron chi connectivity index (χ1n) is 5.63. The van der Waals surface area contributed by atoms with E-state index in [0.29, 0.717) is 0 Å². The summed E-state index contributed by atoms with van der Waals surface area (Å²) in [6.45, 7) is 4.40. The van der Waals surface area contributed by atoms with Crippen molar-refractivity contribution >= 4 is 21.7 Å². The molecule has 1 nitrogen and oxygen atoms in total. The van der Waals surface area contributed by atoms with E-state index < -0.39 is 0 Å². The maximum absolute atomic E-state index is 2.27. The summed E-state index contributed by atoms with van der Waals surface area (Å²) in [6.07, 6.45) is 0. The van der Waals surface area contributed by atoms with Crippen LogP contribution in [0, 0.1) is 13.8 Å². The fraction of sp³-hybridized carbons (Fsp3) is 0.250. The second-order valence-electron chi connectivity index (χ2n) is 4.45. The van der Waals surface area contributed by atoms with Crippen LogP contribution in [-0.2, 0) is 7.05 Å². The van der Waals surface area contributed by atoms with E-state index in [1.807, 2.05) is 0 Å². The Bertz CT molecular complexity index is 689. The fourth-order valence-electron chi connectivity index (χ4n) is 2.55. The molecule has 0 bridgehead atoms. The highest BCUT2D eigenvalue weighted by Gasteiger charge is 2.10. The third-order valence-electron chi connectivity index (χ3n) is 3.69. The van der Waals surface area contributed by atoms with E-state index >= 15 is 0 Å². The van der Waals surface area contributed by atoms with Crippen molar-refractivity contribution in [3.63, 3.8) is 0 Å². The maximum atomic E-state index is 2.27. The molecular formula is C16H19N. The van der Waals surface area contributed by atoms with Gasteiger partial charge in [0.1, 0.15) is 0 Å². The molecule has 0 spiro atoms. The van der Waals surface area contributed by atoms with Gasteiger partial charge in [-0.3, -0.25) is 0 Å². The van der Waals surface area contributed by atoms with Crippen molar-refractivity contribution in [2.24, 2.45) is 7.05 Å². The number of hydrogen-bond donors (Lipinski definition) is 0. The molecular weight excluding hydrogens is 206 g/mol. The molecule has 0 atom stereocenters. The Hall–Kier alpha value is -1.76. The molecule has 17 heavy (non-hydrogen) atoms. The van der Waals surface area contributed by atoms with Crippen molar-refractivity contribution in [3.05, 3.63) is 47.7 Å². The van der Waals surface area contributed by atoms with Crippen LogP contribution in [0.25, 0.3) is 21.7 Å². The number of fused-ring (bicyclic) bond motifs is 3. The Labute approximate surface area is 103 Å². The average molecular weight is 225 g/mol. The zero-order valence-corrected chi connectivity index (χ0v) is 9.91. The molecule has 0 saturated carbocycles. The van der Waals surface area contributed by atoms with Crippen LogP contribution in [0.15, 0.2) is 36.4 Å². The van der Waals surface area contributed by atoms with Gasteiger partial charge in [0, 0.05) is 23.6 Å². The molecule has 1 heterocycles. The lowest BCUT2D eigenvalue weighted by molar-refractivity contribution is 0.910. The number of aromatic nitrogens is 1. The molecule has 0 aliphatic heterocycles. The molecule has 2 aromatic carbocycles. The number of rotatable bonds is 0. The Morgan fingerprint density at radius 2 is 1.65 bits per heavy atom. The van der Waals surface area contributed by atoms with Gasteiger partial charge in [0.15, 0.2) is 0 Å². The van der Waals surface area contributed by atoms with Gasteiger partial charge in [-0.1, -0.05) is 37.8 Å². The average Bonchev–Trinajstić information content (AvgIpc) is 2.55. The number of aryl methyl sites for hydroxylation is 2. The largest absolute Gasteiger partial charge is 0.348 e. The Balaban J connectivity index is 0.00000108. The van der Waals surface area contributed by atoms with Gasteiger partial charge in [0.2, 0.25) is 0 Å². The Morgan fingerprint density at radius 3 is 2.41 bits per heavy atom. The highest BCUT2D eigenvalue weighted by atomic mass is 14.9. The summed E-state index contributed by atoms with van der Waals surface area (Å²) in [7, 11) is 2.14. The van der Waals surface area contributed by atoms with Crippen LogP contribution in [-0.4, -0.2) is 4.57 Å². The summed E-state index contributed by atoms with van der Waals surface area (Å²) in [5.74, 6) is 0. The van der Waals surface area contributed by atoms with Crippen LogP contribution < -0.4 is 0 Å². The molecule has 0 N–H and O–H groups in total. The van der Waals surface area contributed by atoms with Crippen molar-refractivity contribution in [2.45, 2.75) is 21.3 Å². The topological polar surface area (TPSA) is 4.93 Å². The normalized spacial score (nSPS) is 10.8. The zero-order chi connectivity index (χ0) is 11.3. The van der Waals surface area contributed by atoms with Crippen LogP contribution in [0.5, 0.6) is 0 Å².